The number of halogens is 1. The van der Waals surface area contributed by atoms with Gasteiger partial charge in [-0.1, -0.05) is 60.7 Å². The number of hydrogen-bond acceptors (Lipinski definition) is 1. The highest BCUT2D eigenvalue weighted by molar-refractivity contribution is 5.16. The number of aryl methyl sites for hydroxylation is 1. The molecule has 0 aliphatic heterocycles. The lowest BCUT2D eigenvalue weighted by Gasteiger charge is -2.07. The van der Waals surface area contributed by atoms with Crippen molar-refractivity contribution >= 4 is 0 Å². The highest BCUT2D eigenvalue weighted by Crippen LogP contribution is 2.09. The third kappa shape index (κ3) is 4.88. The molecule has 0 spiro atoms. The second-order valence-electron chi connectivity index (χ2n) is 4.60. The minimum absolute atomic E-state index is 0.419. The lowest BCUT2D eigenvalue weighted by atomic mass is 10.1. The zero-order valence-corrected chi connectivity index (χ0v) is 11.5. The second-order valence-corrected chi connectivity index (χ2v) is 4.60. The van der Waals surface area contributed by atoms with E-state index >= 15 is 0 Å². The summed E-state index contributed by atoms with van der Waals surface area (Å²) in [6.07, 6.45) is 3.53. The number of allylic oxidation sites excluding steroid dienone is 2. The predicted octanol–water partition coefficient (Wildman–Crippen LogP) is 4.69. The molecule has 0 aliphatic carbocycles. The van der Waals surface area contributed by atoms with Crippen LogP contribution >= 0.6 is 0 Å². The quantitative estimate of drug-likeness (QED) is 0.663. The first-order valence-corrected chi connectivity index (χ1v) is 6.84. The summed E-state index contributed by atoms with van der Waals surface area (Å²) in [5.74, 6) is 0.421. The van der Waals surface area contributed by atoms with Crippen LogP contribution in [0.2, 0.25) is 0 Å². The predicted molar refractivity (Wildman–Crippen MR) is 80.1 cm³/mol. The Morgan fingerprint density at radius 3 is 2.10 bits per heavy atom. The topological polar surface area (TPSA) is 9.23 Å². The molecule has 2 heteroatoms. The summed E-state index contributed by atoms with van der Waals surface area (Å²) in [5.41, 5.74) is 2.31. The molecule has 0 heterocycles. The van der Waals surface area contributed by atoms with E-state index in [2.05, 4.69) is 12.1 Å². The monoisotopic (exact) mass is 270 g/mol. The molecule has 0 radical (unpaired) electrons. The maximum absolute atomic E-state index is 12.9. The van der Waals surface area contributed by atoms with Gasteiger partial charge in [0.25, 0.3) is 0 Å². The SMILES string of the molecule is FC/C(=C/CCc1ccccc1)OCc1ccccc1. The van der Waals surface area contributed by atoms with E-state index in [1.807, 2.05) is 54.6 Å². The van der Waals surface area contributed by atoms with Gasteiger partial charge in [0.2, 0.25) is 0 Å². The summed E-state index contributed by atoms with van der Waals surface area (Å²) >= 11 is 0. The molecule has 0 fully saturated rings. The van der Waals surface area contributed by atoms with Crippen LogP contribution in [0.5, 0.6) is 0 Å². The van der Waals surface area contributed by atoms with Crippen LogP contribution in [0.1, 0.15) is 17.5 Å². The van der Waals surface area contributed by atoms with Crippen molar-refractivity contribution in [2.75, 3.05) is 6.67 Å². The minimum atomic E-state index is -0.554. The molecule has 0 aliphatic rings. The Morgan fingerprint density at radius 2 is 1.50 bits per heavy atom. The van der Waals surface area contributed by atoms with Crippen LogP contribution in [0, 0.1) is 0 Å². The summed E-state index contributed by atoms with van der Waals surface area (Å²) in [6, 6.07) is 20.0. The lowest BCUT2D eigenvalue weighted by Crippen LogP contribution is -1.96. The third-order valence-electron chi connectivity index (χ3n) is 3.05. The first-order chi connectivity index (χ1) is 9.88. The van der Waals surface area contributed by atoms with E-state index in [0.29, 0.717) is 12.4 Å². The third-order valence-corrected chi connectivity index (χ3v) is 3.05. The molecule has 0 saturated heterocycles. The summed E-state index contributed by atoms with van der Waals surface area (Å²) in [5, 5.41) is 0. The van der Waals surface area contributed by atoms with Gasteiger partial charge in [-0.05, 0) is 30.0 Å². The summed E-state index contributed by atoms with van der Waals surface area (Å²) < 4.78 is 18.4. The molecule has 0 aromatic heterocycles. The average molecular weight is 270 g/mol. The first kappa shape index (κ1) is 14.3. The molecule has 2 aromatic rings. The number of benzene rings is 2. The molecular formula is C18H19FO. The van der Waals surface area contributed by atoms with Crippen LogP contribution in [0.4, 0.5) is 4.39 Å². The van der Waals surface area contributed by atoms with Gasteiger partial charge in [0.15, 0.2) is 0 Å². The summed E-state index contributed by atoms with van der Waals surface area (Å²) in [7, 11) is 0. The Balaban J connectivity index is 1.80. The number of alkyl halides is 1. The van der Waals surface area contributed by atoms with Gasteiger partial charge < -0.3 is 4.74 Å². The zero-order chi connectivity index (χ0) is 14.0. The molecule has 0 bridgehead atoms. The van der Waals surface area contributed by atoms with Crippen molar-refractivity contribution in [1.82, 2.24) is 0 Å². The van der Waals surface area contributed by atoms with Gasteiger partial charge in [-0.15, -0.1) is 0 Å². The van der Waals surface area contributed by atoms with Gasteiger partial charge in [0.05, 0.1) is 0 Å². The molecule has 0 amide bonds. The van der Waals surface area contributed by atoms with Gasteiger partial charge in [-0.2, -0.15) is 0 Å². The van der Waals surface area contributed by atoms with Crippen molar-refractivity contribution in [2.45, 2.75) is 19.4 Å². The number of hydrogen-bond donors (Lipinski definition) is 0. The van der Waals surface area contributed by atoms with E-state index < -0.39 is 6.67 Å². The van der Waals surface area contributed by atoms with Crippen molar-refractivity contribution in [3.05, 3.63) is 83.6 Å². The van der Waals surface area contributed by atoms with E-state index in [1.165, 1.54) is 5.56 Å². The molecule has 2 rings (SSSR count). The van der Waals surface area contributed by atoms with Crippen LogP contribution in [0.25, 0.3) is 0 Å². The number of ether oxygens (including phenoxy) is 1. The fourth-order valence-electron chi connectivity index (χ4n) is 1.95. The smallest absolute Gasteiger partial charge is 0.146 e. The largest absolute Gasteiger partial charge is 0.491 e. The molecule has 104 valence electrons. The van der Waals surface area contributed by atoms with Gasteiger partial charge >= 0.3 is 0 Å². The fourth-order valence-corrected chi connectivity index (χ4v) is 1.95. The van der Waals surface area contributed by atoms with Crippen LogP contribution in [-0.2, 0) is 17.8 Å². The second kappa shape index (κ2) is 8.16. The van der Waals surface area contributed by atoms with Crippen molar-refractivity contribution in [3.8, 4) is 0 Å². The van der Waals surface area contributed by atoms with Crippen molar-refractivity contribution in [2.24, 2.45) is 0 Å². The van der Waals surface area contributed by atoms with Crippen LogP contribution in [0.3, 0.4) is 0 Å². The Kier molecular flexibility index (Phi) is 5.84. The maximum Gasteiger partial charge on any atom is 0.146 e. The summed E-state index contributed by atoms with van der Waals surface area (Å²) in [6.45, 7) is -0.135. The van der Waals surface area contributed by atoms with Crippen LogP contribution in [-0.4, -0.2) is 6.67 Å². The van der Waals surface area contributed by atoms with Crippen LogP contribution < -0.4 is 0 Å². The Morgan fingerprint density at radius 1 is 0.900 bits per heavy atom. The standard InChI is InChI=1S/C18H19FO/c19-14-18(20-15-17-10-5-2-6-11-17)13-7-12-16-8-3-1-4-9-16/h1-6,8-11,13H,7,12,14-15H2/b18-13-. The summed E-state index contributed by atoms with van der Waals surface area (Å²) in [4.78, 5) is 0. The Labute approximate surface area is 119 Å². The van der Waals surface area contributed by atoms with E-state index in [-0.39, 0.29) is 0 Å². The molecule has 1 nitrogen and oxygen atoms in total. The van der Waals surface area contributed by atoms with Crippen molar-refractivity contribution in [1.29, 1.82) is 0 Å². The maximum atomic E-state index is 12.9. The van der Waals surface area contributed by atoms with Gasteiger partial charge in [-0.25, -0.2) is 4.39 Å². The molecule has 0 atom stereocenters. The lowest BCUT2D eigenvalue weighted by molar-refractivity contribution is 0.176. The van der Waals surface area contributed by atoms with E-state index in [4.69, 9.17) is 4.74 Å². The average Bonchev–Trinajstić information content (AvgIpc) is 2.52. The van der Waals surface area contributed by atoms with Crippen LogP contribution in [0.15, 0.2) is 72.5 Å². The fraction of sp³-hybridized carbons (Fsp3) is 0.222. The van der Waals surface area contributed by atoms with Gasteiger partial charge in [-0.3, -0.25) is 0 Å². The number of rotatable bonds is 7. The van der Waals surface area contributed by atoms with Crippen molar-refractivity contribution < 1.29 is 9.13 Å². The Bertz CT molecular complexity index is 520. The van der Waals surface area contributed by atoms with Crippen molar-refractivity contribution in [3.63, 3.8) is 0 Å². The molecule has 0 unspecified atom stereocenters. The molecule has 2 aromatic carbocycles. The highest BCUT2D eigenvalue weighted by Gasteiger charge is 1.99. The highest BCUT2D eigenvalue weighted by atomic mass is 19.1. The minimum Gasteiger partial charge on any atom is -0.491 e. The van der Waals surface area contributed by atoms with Gasteiger partial charge in [0.1, 0.15) is 19.0 Å². The van der Waals surface area contributed by atoms with Gasteiger partial charge in [0, 0.05) is 0 Å². The molecule has 0 N–H and O–H groups in total. The molecule has 0 saturated carbocycles. The van der Waals surface area contributed by atoms with E-state index in [1.54, 1.807) is 0 Å². The zero-order valence-electron chi connectivity index (χ0n) is 11.5. The molecular weight excluding hydrogens is 251 g/mol. The normalized spacial score (nSPS) is 11.3. The van der Waals surface area contributed by atoms with E-state index in [9.17, 15) is 4.39 Å². The Hall–Kier alpha value is -2.09. The van der Waals surface area contributed by atoms with E-state index in [0.717, 1.165) is 18.4 Å². The molecule has 20 heavy (non-hydrogen) atoms. The first-order valence-electron chi connectivity index (χ1n) is 6.84.